The standard InChI is InChI=1S/C16H21N3O3/c1-2-9-17-15(20)12-5-7-13(8-6-12)19-16(21)18-11-14-4-3-10-22-14/h2,5-8,14H,1,3-4,9-11H2,(H,17,20)(H2,18,19,21). The predicted molar refractivity (Wildman–Crippen MR) is 85.0 cm³/mol. The SMILES string of the molecule is C=CCNC(=O)c1ccc(NC(=O)NCC2CCCO2)cc1. The van der Waals surface area contributed by atoms with Crippen LogP contribution in [0.2, 0.25) is 0 Å². The number of anilines is 1. The van der Waals surface area contributed by atoms with Gasteiger partial charge in [0, 0.05) is 30.9 Å². The first kappa shape index (κ1) is 16.0. The van der Waals surface area contributed by atoms with Gasteiger partial charge in [-0.1, -0.05) is 6.08 Å². The second kappa shape index (κ2) is 8.19. The Morgan fingerprint density at radius 1 is 1.27 bits per heavy atom. The molecule has 1 aromatic carbocycles. The Kier molecular flexibility index (Phi) is 5.97. The first-order valence-electron chi connectivity index (χ1n) is 7.34. The van der Waals surface area contributed by atoms with E-state index in [0.717, 1.165) is 19.4 Å². The molecule has 3 N–H and O–H groups in total. The van der Waals surface area contributed by atoms with Gasteiger partial charge in [-0.2, -0.15) is 0 Å². The normalized spacial score (nSPS) is 16.8. The van der Waals surface area contributed by atoms with Crippen molar-refractivity contribution in [3.63, 3.8) is 0 Å². The van der Waals surface area contributed by atoms with Crippen LogP contribution in [-0.4, -0.2) is 37.7 Å². The van der Waals surface area contributed by atoms with Crippen molar-refractivity contribution in [2.45, 2.75) is 18.9 Å². The summed E-state index contributed by atoms with van der Waals surface area (Å²) >= 11 is 0. The molecule has 2 rings (SSSR count). The molecule has 0 radical (unpaired) electrons. The molecule has 0 saturated carbocycles. The fraction of sp³-hybridized carbons (Fsp3) is 0.375. The van der Waals surface area contributed by atoms with Gasteiger partial charge in [0.1, 0.15) is 0 Å². The largest absolute Gasteiger partial charge is 0.376 e. The van der Waals surface area contributed by atoms with Gasteiger partial charge in [0.25, 0.3) is 5.91 Å². The summed E-state index contributed by atoms with van der Waals surface area (Å²) in [7, 11) is 0. The third-order valence-electron chi connectivity index (χ3n) is 3.33. The van der Waals surface area contributed by atoms with Gasteiger partial charge in [-0.3, -0.25) is 4.79 Å². The van der Waals surface area contributed by atoms with Crippen LogP contribution in [0.5, 0.6) is 0 Å². The summed E-state index contributed by atoms with van der Waals surface area (Å²) in [5, 5.41) is 8.18. The van der Waals surface area contributed by atoms with Crippen LogP contribution in [0.3, 0.4) is 0 Å². The van der Waals surface area contributed by atoms with E-state index in [1.165, 1.54) is 0 Å². The molecular formula is C16H21N3O3. The third-order valence-corrected chi connectivity index (χ3v) is 3.33. The first-order chi connectivity index (χ1) is 10.7. The molecule has 0 spiro atoms. The molecule has 1 aliphatic heterocycles. The van der Waals surface area contributed by atoms with E-state index in [9.17, 15) is 9.59 Å². The average Bonchev–Trinajstić information content (AvgIpc) is 3.05. The van der Waals surface area contributed by atoms with Crippen LogP contribution in [-0.2, 0) is 4.74 Å². The van der Waals surface area contributed by atoms with Crippen LogP contribution in [0.4, 0.5) is 10.5 Å². The molecule has 1 saturated heterocycles. The van der Waals surface area contributed by atoms with E-state index in [1.807, 2.05) is 0 Å². The second-order valence-electron chi connectivity index (χ2n) is 5.05. The molecule has 0 aromatic heterocycles. The van der Waals surface area contributed by atoms with Crippen molar-refractivity contribution < 1.29 is 14.3 Å². The molecule has 0 bridgehead atoms. The summed E-state index contributed by atoms with van der Waals surface area (Å²) in [5.41, 5.74) is 1.16. The van der Waals surface area contributed by atoms with E-state index in [-0.39, 0.29) is 18.0 Å². The monoisotopic (exact) mass is 303 g/mol. The Labute approximate surface area is 129 Å². The molecule has 3 amide bonds. The highest BCUT2D eigenvalue weighted by Crippen LogP contribution is 2.11. The van der Waals surface area contributed by atoms with Crippen molar-refractivity contribution in [2.75, 3.05) is 25.0 Å². The molecule has 1 heterocycles. The van der Waals surface area contributed by atoms with Gasteiger partial charge in [0.15, 0.2) is 0 Å². The fourth-order valence-electron chi connectivity index (χ4n) is 2.16. The van der Waals surface area contributed by atoms with Gasteiger partial charge in [0.2, 0.25) is 0 Å². The molecule has 22 heavy (non-hydrogen) atoms. The van der Waals surface area contributed by atoms with Crippen LogP contribution in [0.25, 0.3) is 0 Å². The number of carbonyl (C=O) groups excluding carboxylic acids is 2. The van der Waals surface area contributed by atoms with Gasteiger partial charge >= 0.3 is 6.03 Å². The zero-order chi connectivity index (χ0) is 15.8. The Bertz CT molecular complexity index is 522. The molecule has 6 heteroatoms. The highest BCUT2D eigenvalue weighted by Gasteiger charge is 2.16. The molecule has 0 aliphatic carbocycles. The van der Waals surface area contributed by atoms with Crippen molar-refractivity contribution in [1.82, 2.24) is 10.6 Å². The van der Waals surface area contributed by atoms with Crippen molar-refractivity contribution in [3.8, 4) is 0 Å². The minimum absolute atomic E-state index is 0.113. The zero-order valence-electron chi connectivity index (χ0n) is 12.4. The average molecular weight is 303 g/mol. The molecule has 1 aliphatic rings. The maximum Gasteiger partial charge on any atom is 0.319 e. The van der Waals surface area contributed by atoms with Gasteiger partial charge in [-0.05, 0) is 37.1 Å². The third kappa shape index (κ3) is 4.89. The predicted octanol–water partition coefficient (Wildman–Crippen LogP) is 1.90. The number of hydrogen-bond donors (Lipinski definition) is 3. The van der Waals surface area contributed by atoms with E-state index in [1.54, 1.807) is 30.3 Å². The number of hydrogen-bond acceptors (Lipinski definition) is 3. The van der Waals surface area contributed by atoms with E-state index >= 15 is 0 Å². The number of benzene rings is 1. The maximum atomic E-state index is 11.8. The van der Waals surface area contributed by atoms with Gasteiger partial charge in [0.05, 0.1) is 6.10 Å². The van der Waals surface area contributed by atoms with Crippen molar-refractivity contribution in [3.05, 3.63) is 42.5 Å². The quantitative estimate of drug-likeness (QED) is 0.702. The van der Waals surface area contributed by atoms with E-state index < -0.39 is 0 Å². The number of ether oxygens (including phenoxy) is 1. The van der Waals surface area contributed by atoms with E-state index in [2.05, 4.69) is 22.5 Å². The van der Waals surface area contributed by atoms with Gasteiger partial charge < -0.3 is 20.7 Å². The van der Waals surface area contributed by atoms with Crippen LogP contribution in [0, 0.1) is 0 Å². The van der Waals surface area contributed by atoms with Crippen LogP contribution in [0.1, 0.15) is 23.2 Å². The summed E-state index contributed by atoms with van der Waals surface area (Å²) in [6.07, 6.45) is 3.76. The number of carbonyl (C=O) groups is 2. The number of urea groups is 1. The lowest BCUT2D eigenvalue weighted by Gasteiger charge is -2.12. The lowest BCUT2D eigenvalue weighted by Crippen LogP contribution is -2.35. The molecule has 1 unspecified atom stereocenters. The summed E-state index contributed by atoms with van der Waals surface area (Å²) < 4.78 is 5.43. The van der Waals surface area contributed by atoms with Crippen molar-refractivity contribution >= 4 is 17.6 Å². The topological polar surface area (TPSA) is 79.5 Å². The molecule has 1 aromatic rings. The summed E-state index contributed by atoms with van der Waals surface area (Å²) in [6.45, 7) is 5.24. The number of nitrogens with one attached hydrogen (secondary N) is 3. The van der Waals surface area contributed by atoms with Crippen LogP contribution < -0.4 is 16.0 Å². The van der Waals surface area contributed by atoms with E-state index in [0.29, 0.717) is 24.3 Å². The minimum atomic E-state index is -0.278. The van der Waals surface area contributed by atoms with Crippen molar-refractivity contribution in [2.24, 2.45) is 0 Å². The fourth-order valence-corrected chi connectivity index (χ4v) is 2.16. The lowest BCUT2D eigenvalue weighted by molar-refractivity contribution is 0.0958. The molecular weight excluding hydrogens is 282 g/mol. The summed E-state index contributed by atoms with van der Waals surface area (Å²) in [6, 6.07) is 6.42. The number of rotatable bonds is 6. The highest BCUT2D eigenvalue weighted by atomic mass is 16.5. The molecule has 6 nitrogen and oxygen atoms in total. The maximum absolute atomic E-state index is 11.8. The second-order valence-corrected chi connectivity index (χ2v) is 5.05. The first-order valence-corrected chi connectivity index (χ1v) is 7.34. The highest BCUT2D eigenvalue weighted by molar-refractivity contribution is 5.95. The van der Waals surface area contributed by atoms with E-state index in [4.69, 9.17) is 4.74 Å². The molecule has 1 atom stereocenters. The molecule has 1 fully saturated rings. The molecule has 118 valence electrons. The Morgan fingerprint density at radius 3 is 2.68 bits per heavy atom. The Hall–Kier alpha value is -2.34. The zero-order valence-corrected chi connectivity index (χ0v) is 12.4. The minimum Gasteiger partial charge on any atom is -0.376 e. The summed E-state index contributed by atoms with van der Waals surface area (Å²) in [4.78, 5) is 23.5. The van der Waals surface area contributed by atoms with Gasteiger partial charge in [-0.15, -0.1) is 6.58 Å². The number of amides is 3. The Balaban J connectivity index is 1.78. The van der Waals surface area contributed by atoms with Crippen molar-refractivity contribution in [1.29, 1.82) is 0 Å². The smallest absolute Gasteiger partial charge is 0.319 e. The van der Waals surface area contributed by atoms with Crippen LogP contribution >= 0.6 is 0 Å². The lowest BCUT2D eigenvalue weighted by atomic mass is 10.2. The van der Waals surface area contributed by atoms with Crippen LogP contribution in [0.15, 0.2) is 36.9 Å². The summed E-state index contributed by atoms with van der Waals surface area (Å²) in [5.74, 6) is -0.172. The Morgan fingerprint density at radius 2 is 2.05 bits per heavy atom. The van der Waals surface area contributed by atoms with Gasteiger partial charge in [-0.25, -0.2) is 4.79 Å².